The maximum Gasteiger partial charge on any atom is 0.333 e. The molecule has 2 N–H and O–H groups in total. The van der Waals surface area contributed by atoms with Crippen LogP contribution in [0.15, 0.2) is 21.3 Å². The van der Waals surface area contributed by atoms with E-state index in [1.807, 2.05) is 6.92 Å². The summed E-state index contributed by atoms with van der Waals surface area (Å²) in [6.07, 6.45) is 2.99. The Morgan fingerprint density at radius 3 is 2.73 bits per heavy atom. The molecule has 1 heterocycles. The van der Waals surface area contributed by atoms with Crippen molar-refractivity contribution in [1.29, 1.82) is 0 Å². The molecular formula is C20H24O6. The van der Waals surface area contributed by atoms with Crippen LogP contribution in [0.5, 0.6) is 5.75 Å². The Morgan fingerprint density at radius 1 is 1.31 bits per heavy atom. The van der Waals surface area contributed by atoms with E-state index < -0.39 is 12.1 Å². The van der Waals surface area contributed by atoms with Gasteiger partial charge < -0.3 is 19.4 Å². The van der Waals surface area contributed by atoms with Crippen LogP contribution >= 0.6 is 0 Å². The molecule has 0 radical (unpaired) electrons. The third-order valence-corrected chi connectivity index (χ3v) is 5.21. The molecule has 2 atom stereocenters. The molecule has 6 nitrogen and oxygen atoms in total. The van der Waals surface area contributed by atoms with E-state index in [0.29, 0.717) is 47.1 Å². The van der Waals surface area contributed by atoms with Gasteiger partial charge in [-0.3, -0.25) is 4.79 Å². The molecule has 0 saturated heterocycles. The van der Waals surface area contributed by atoms with Crippen molar-refractivity contribution in [3.05, 3.63) is 39.2 Å². The van der Waals surface area contributed by atoms with E-state index in [1.54, 1.807) is 13.0 Å². The first-order chi connectivity index (χ1) is 12.4. The molecule has 140 valence electrons. The second kappa shape index (κ2) is 7.50. The fourth-order valence-corrected chi connectivity index (χ4v) is 3.43. The van der Waals surface area contributed by atoms with Gasteiger partial charge in [0.05, 0.1) is 17.6 Å². The zero-order chi connectivity index (χ0) is 18.8. The number of rotatable bonds is 6. The Labute approximate surface area is 151 Å². The van der Waals surface area contributed by atoms with Gasteiger partial charge in [-0.15, -0.1) is 0 Å². The molecule has 26 heavy (non-hydrogen) atoms. The summed E-state index contributed by atoms with van der Waals surface area (Å²) in [5, 5.41) is 20.0. The molecule has 1 aliphatic rings. The van der Waals surface area contributed by atoms with Crippen molar-refractivity contribution in [1.82, 2.24) is 0 Å². The molecule has 0 fully saturated rings. The second-order valence-corrected chi connectivity index (χ2v) is 6.94. The molecule has 1 aromatic carbocycles. The number of phenols is 1. The van der Waals surface area contributed by atoms with Crippen LogP contribution in [0.1, 0.15) is 50.0 Å². The fourth-order valence-electron chi connectivity index (χ4n) is 3.43. The van der Waals surface area contributed by atoms with Crippen LogP contribution in [0, 0.1) is 5.92 Å². The molecule has 0 saturated carbocycles. The third-order valence-electron chi connectivity index (χ3n) is 5.21. The van der Waals surface area contributed by atoms with Crippen LogP contribution in [-0.2, 0) is 29.0 Å². The third kappa shape index (κ3) is 3.33. The maximum absolute atomic E-state index is 12.8. The molecule has 6 heteroatoms. The molecule has 0 aliphatic heterocycles. The van der Waals surface area contributed by atoms with E-state index in [9.17, 15) is 19.8 Å². The number of ether oxygens (including phenoxy) is 1. The van der Waals surface area contributed by atoms with E-state index in [0.717, 1.165) is 12.8 Å². The largest absolute Gasteiger partial charge is 0.507 e. The minimum absolute atomic E-state index is 0.0651. The van der Waals surface area contributed by atoms with Crippen LogP contribution in [0.3, 0.4) is 0 Å². The molecule has 1 aliphatic carbocycles. The lowest BCUT2D eigenvalue weighted by Gasteiger charge is -2.20. The Kier molecular flexibility index (Phi) is 5.32. The van der Waals surface area contributed by atoms with Gasteiger partial charge >= 0.3 is 5.97 Å². The van der Waals surface area contributed by atoms with E-state index >= 15 is 0 Å². The predicted octanol–water partition coefficient (Wildman–Crippen LogP) is 3.39. The minimum Gasteiger partial charge on any atom is -0.507 e. The maximum atomic E-state index is 12.8. The highest BCUT2D eigenvalue weighted by Crippen LogP contribution is 2.31. The molecule has 0 amide bonds. The first-order valence-corrected chi connectivity index (χ1v) is 9.07. The van der Waals surface area contributed by atoms with Crippen molar-refractivity contribution in [3.8, 4) is 5.75 Å². The SMILES string of the molecule is CCC(C)C(OCc1c(O)ccc2c(=O)c3c(oc12)CCCC3)C(=O)O. The summed E-state index contributed by atoms with van der Waals surface area (Å²) in [5.74, 6) is -0.621. The number of hydrogen-bond acceptors (Lipinski definition) is 5. The highest BCUT2D eigenvalue weighted by molar-refractivity contribution is 5.83. The van der Waals surface area contributed by atoms with Gasteiger partial charge in [0.25, 0.3) is 0 Å². The van der Waals surface area contributed by atoms with Gasteiger partial charge in [-0.25, -0.2) is 4.79 Å². The summed E-state index contributed by atoms with van der Waals surface area (Å²) in [6, 6.07) is 2.99. The summed E-state index contributed by atoms with van der Waals surface area (Å²) in [4.78, 5) is 24.2. The zero-order valence-electron chi connectivity index (χ0n) is 15.1. The van der Waals surface area contributed by atoms with Crippen molar-refractivity contribution in [3.63, 3.8) is 0 Å². The highest BCUT2D eigenvalue weighted by atomic mass is 16.5. The number of hydrogen-bond donors (Lipinski definition) is 2. The van der Waals surface area contributed by atoms with E-state index in [1.165, 1.54) is 6.07 Å². The van der Waals surface area contributed by atoms with E-state index in [4.69, 9.17) is 9.15 Å². The van der Waals surface area contributed by atoms with Gasteiger partial charge in [0.2, 0.25) is 0 Å². The number of phenolic OH excluding ortho intramolecular Hbond substituents is 1. The summed E-state index contributed by atoms with van der Waals surface area (Å²) in [7, 11) is 0. The normalized spacial score (nSPS) is 16.2. The van der Waals surface area contributed by atoms with Gasteiger partial charge in [-0.2, -0.15) is 0 Å². The number of fused-ring (bicyclic) bond motifs is 2. The molecule has 2 aromatic rings. The lowest BCUT2D eigenvalue weighted by Crippen LogP contribution is -2.30. The number of aliphatic carboxylic acids is 1. The van der Waals surface area contributed by atoms with E-state index in [2.05, 4.69) is 0 Å². The topological polar surface area (TPSA) is 97.0 Å². The van der Waals surface area contributed by atoms with Gasteiger partial charge in [0.15, 0.2) is 11.5 Å². The van der Waals surface area contributed by atoms with Gasteiger partial charge in [0, 0.05) is 12.0 Å². The van der Waals surface area contributed by atoms with Gasteiger partial charge in [-0.1, -0.05) is 20.3 Å². The molecule has 3 rings (SSSR count). The average Bonchev–Trinajstić information content (AvgIpc) is 2.63. The number of carbonyl (C=O) groups is 1. The lowest BCUT2D eigenvalue weighted by atomic mass is 9.95. The van der Waals surface area contributed by atoms with Gasteiger partial charge in [-0.05, 0) is 37.3 Å². The predicted molar refractivity (Wildman–Crippen MR) is 96.5 cm³/mol. The Hall–Kier alpha value is -2.34. The van der Waals surface area contributed by atoms with Crippen molar-refractivity contribution < 1.29 is 24.2 Å². The number of benzene rings is 1. The second-order valence-electron chi connectivity index (χ2n) is 6.94. The van der Waals surface area contributed by atoms with Crippen molar-refractivity contribution in [2.75, 3.05) is 0 Å². The Morgan fingerprint density at radius 2 is 2.04 bits per heavy atom. The van der Waals surface area contributed by atoms with Crippen molar-refractivity contribution in [2.45, 2.75) is 58.7 Å². The standard InChI is InChI=1S/C20H24O6/c1-3-11(2)18(20(23)24)25-10-14-15(21)9-8-13-17(22)12-6-4-5-7-16(12)26-19(13)14/h8-9,11,18,21H,3-7,10H2,1-2H3,(H,23,24). The summed E-state index contributed by atoms with van der Waals surface area (Å²) >= 11 is 0. The van der Waals surface area contributed by atoms with Crippen LogP contribution in [-0.4, -0.2) is 22.3 Å². The van der Waals surface area contributed by atoms with E-state index in [-0.39, 0.29) is 23.7 Å². The van der Waals surface area contributed by atoms with Crippen LogP contribution < -0.4 is 5.43 Å². The minimum atomic E-state index is -1.04. The highest BCUT2D eigenvalue weighted by Gasteiger charge is 2.26. The van der Waals surface area contributed by atoms with Crippen LogP contribution in [0.2, 0.25) is 0 Å². The first kappa shape index (κ1) is 18.5. The van der Waals surface area contributed by atoms with Crippen LogP contribution in [0.4, 0.5) is 0 Å². The quantitative estimate of drug-likeness (QED) is 0.819. The van der Waals surface area contributed by atoms with Crippen LogP contribution in [0.25, 0.3) is 11.0 Å². The zero-order valence-corrected chi connectivity index (χ0v) is 15.1. The van der Waals surface area contributed by atoms with Crippen molar-refractivity contribution >= 4 is 16.9 Å². The summed E-state index contributed by atoms with van der Waals surface area (Å²) in [6.45, 7) is 3.56. The monoisotopic (exact) mass is 360 g/mol. The lowest BCUT2D eigenvalue weighted by molar-refractivity contribution is -0.155. The fraction of sp³-hybridized carbons (Fsp3) is 0.500. The molecular weight excluding hydrogens is 336 g/mol. The number of carboxylic acid groups (broad SMARTS) is 1. The summed E-state index contributed by atoms with van der Waals surface area (Å²) < 4.78 is 11.6. The Bertz CT molecular complexity index is 882. The molecule has 0 spiro atoms. The Balaban J connectivity index is 2.02. The molecule has 0 bridgehead atoms. The first-order valence-electron chi connectivity index (χ1n) is 9.07. The molecule has 2 unspecified atom stereocenters. The smallest absolute Gasteiger partial charge is 0.333 e. The van der Waals surface area contributed by atoms with Crippen molar-refractivity contribution in [2.24, 2.45) is 5.92 Å². The number of carboxylic acids is 1. The average molecular weight is 360 g/mol. The number of aryl methyl sites for hydroxylation is 1. The summed E-state index contributed by atoms with van der Waals surface area (Å²) in [5.41, 5.74) is 1.26. The molecule has 1 aromatic heterocycles. The number of aromatic hydroxyl groups is 1. The van der Waals surface area contributed by atoms with Gasteiger partial charge in [0.1, 0.15) is 17.1 Å².